The van der Waals surface area contributed by atoms with E-state index in [1.807, 2.05) is 75.3 Å². The van der Waals surface area contributed by atoms with E-state index in [1.165, 1.54) is 0 Å². The summed E-state index contributed by atoms with van der Waals surface area (Å²) in [6.45, 7) is 9.00. The van der Waals surface area contributed by atoms with Crippen LogP contribution in [0.5, 0.6) is 0 Å². The van der Waals surface area contributed by atoms with Crippen LogP contribution in [-0.2, 0) is 30.4 Å². The minimum Gasteiger partial charge on any atom is -0.0312 e. The summed E-state index contributed by atoms with van der Waals surface area (Å²) in [5, 5.41) is 0. The molecule has 2 rings (SSSR count). The van der Waals surface area contributed by atoms with E-state index in [1.54, 1.807) is 0 Å². The predicted octanol–water partition coefficient (Wildman–Crippen LogP) is 2.98. The zero-order valence-electron chi connectivity index (χ0n) is 10.7. The van der Waals surface area contributed by atoms with Crippen LogP contribution >= 0.6 is 0 Å². The summed E-state index contributed by atoms with van der Waals surface area (Å²) in [6.07, 6.45) is 20.7. The fourth-order valence-corrected chi connectivity index (χ4v) is 0.971. The standard InChI is InChI=1S/C8H5.C7H7.2CO.Mo/c1-2-8-6-4-3-5-7-8;1-2-4-6-7-5-3-1;2*1-2;/h3-7H;1-7H;;;/q-1;;;;+2. The largest absolute Gasteiger partial charge is 2.00 e. The van der Waals surface area contributed by atoms with Crippen molar-refractivity contribution in [3.63, 3.8) is 0 Å². The van der Waals surface area contributed by atoms with Crippen LogP contribution in [-0.4, -0.2) is 0 Å². The summed E-state index contributed by atoms with van der Waals surface area (Å²) in [5.41, 5.74) is 0.826. The van der Waals surface area contributed by atoms with Gasteiger partial charge in [-0.05, 0) is 44.9 Å². The fourth-order valence-electron chi connectivity index (χ4n) is 0.971. The number of benzene rings is 1. The Morgan fingerprint density at radius 1 is 0.650 bits per heavy atom. The Bertz CT molecular complexity index is 337. The Kier molecular flexibility index (Phi) is 27.7. The van der Waals surface area contributed by atoms with Crippen molar-refractivity contribution in [1.29, 1.82) is 0 Å². The molecule has 1 aliphatic rings. The summed E-state index contributed by atoms with van der Waals surface area (Å²) in [4.78, 5) is 0. The zero-order chi connectivity index (χ0) is 14.8. The van der Waals surface area contributed by atoms with Gasteiger partial charge in [0.25, 0.3) is 0 Å². The van der Waals surface area contributed by atoms with Crippen LogP contribution in [0, 0.1) is 70.6 Å². The molecule has 0 N–H and O–H groups in total. The number of rotatable bonds is 0. The molecule has 1 aromatic carbocycles. The molecule has 1 fully saturated rings. The van der Waals surface area contributed by atoms with Crippen molar-refractivity contribution in [3.05, 3.63) is 101 Å². The maximum atomic E-state index is 7.50. The van der Waals surface area contributed by atoms with Crippen molar-refractivity contribution in [2.75, 3.05) is 0 Å². The van der Waals surface area contributed by atoms with Gasteiger partial charge >= 0.3 is 43.7 Å². The fraction of sp³-hybridized carbons (Fsp3) is 0. The molecule has 97 valence electrons. The Morgan fingerprint density at radius 2 is 0.950 bits per heavy atom. The summed E-state index contributed by atoms with van der Waals surface area (Å²) in [6, 6.07) is 9.37. The zero-order valence-corrected chi connectivity index (χ0v) is 12.7. The minimum atomic E-state index is 0. The number of hydrogen-bond donors (Lipinski definition) is 0. The molecule has 1 aliphatic carbocycles. The topological polar surface area (TPSA) is 39.8 Å². The van der Waals surface area contributed by atoms with Gasteiger partial charge < -0.3 is 6.42 Å². The molecule has 0 atom stereocenters. The molecule has 0 aromatic heterocycles. The van der Waals surface area contributed by atoms with Crippen LogP contribution in [0.3, 0.4) is 0 Å². The molecule has 0 heterocycles. The maximum absolute atomic E-state index is 7.50. The van der Waals surface area contributed by atoms with Crippen LogP contribution in [0.15, 0.2) is 30.3 Å². The van der Waals surface area contributed by atoms with E-state index < -0.39 is 0 Å². The summed E-state index contributed by atoms with van der Waals surface area (Å²) >= 11 is 0. The smallest absolute Gasteiger partial charge is 0.0312 e. The van der Waals surface area contributed by atoms with Crippen molar-refractivity contribution in [3.8, 4) is 5.92 Å². The van der Waals surface area contributed by atoms with Crippen LogP contribution < -0.4 is 0 Å². The van der Waals surface area contributed by atoms with Gasteiger partial charge in [0.1, 0.15) is 0 Å². The van der Waals surface area contributed by atoms with Gasteiger partial charge in [-0.1, -0.05) is 18.2 Å². The summed E-state index contributed by atoms with van der Waals surface area (Å²) in [5.74, 6) is 2.28. The van der Waals surface area contributed by atoms with Crippen molar-refractivity contribution >= 4 is 0 Å². The molecule has 7 radical (unpaired) electrons. The van der Waals surface area contributed by atoms with Crippen LogP contribution in [0.2, 0.25) is 0 Å². The summed E-state index contributed by atoms with van der Waals surface area (Å²) < 4.78 is 15.0. The Labute approximate surface area is 137 Å². The molecule has 0 amide bonds. The van der Waals surface area contributed by atoms with Crippen molar-refractivity contribution in [1.82, 2.24) is 0 Å². The van der Waals surface area contributed by atoms with Crippen molar-refractivity contribution in [2.24, 2.45) is 0 Å². The van der Waals surface area contributed by atoms with E-state index in [4.69, 9.17) is 15.7 Å². The van der Waals surface area contributed by atoms with E-state index in [9.17, 15) is 0 Å². The van der Waals surface area contributed by atoms with E-state index in [0.717, 1.165) is 5.56 Å². The SMILES string of the molecule is [C-]#Cc1ccccc1.[C-]#[O+].[C-]#[O+].[CH]1[CH][CH][CH][CH][CH][CH]1.[Mo+2]. The maximum Gasteiger partial charge on any atom is 2.00 e. The molecule has 3 heteroatoms. The van der Waals surface area contributed by atoms with Gasteiger partial charge in [0.15, 0.2) is 0 Å². The Morgan fingerprint density at radius 3 is 1.15 bits per heavy atom. The van der Waals surface area contributed by atoms with E-state index >= 15 is 0 Å². The van der Waals surface area contributed by atoms with Crippen molar-refractivity contribution < 1.29 is 30.4 Å². The van der Waals surface area contributed by atoms with Gasteiger partial charge in [0.05, 0.1) is 0 Å². The van der Waals surface area contributed by atoms with Crippen LogP contribution in [0.1, 0.15) is 5.56 Å². The van der Waals surface area contributed by atoms with E-state index in [-0.39, 0.29) is 21.1 Å². The Hall–Kier alpha value is -1.05. The first kappa shape index (κ1) is 24.0. The third-order valence-electron chi connectivity index (χ3n) is 1.70. The first-order valence-electron chi connectivity index (χ1n) is 5.15. The molecule has 0 aliphatic heterocycles. The van der Waals surface area contributed by atoms with Gasteiger partial charge in [-0.15, -0.1) is 17.7 Å². The average molecular weight is 344 g/mol. The molecule has 1 aromatic rings. The van der Waals surface area contributed by atoms with Gasteiger partial charge in [0.2, 0.25) is 0 Å². The molecular weight excluding hydrogens is 332 g/mol. The molecule has 0 spiro atoms. The first-order chi connectivity index (χ1) is 9.43. The van der Waals surface area contributed by atoms with E-state index in [0.29, 0.717) is 0 Å². The third-order valence-corrected chi connectivity index (χ3v) is 1.70. The van der Waals surface area contributed by atoms with Crippen molar-refractivity contribution in [2.45, 2.75) is 0 Å². The van der Waals surface area contributed by atoms with Crippen LogP contribution in [0.25, 0.3) is 0 Å². The second kappa shape index (κ2) is 23.1. The first-order valence-corrected chi connectivity index (χ1v) is 5.15. The molecular formula is C17H12MoO2+. The third kappa shape index (κ3) is 16.9. The summed E-state index contributed by atoms with van der Waals surface area (Å²) in [7, 11) is 0. The molecule has 20 heavy (non-hydrogen) atoms. The number of hydrogen-bond acceptors (Lipinski definition) is 0. The minimum absolute atomic E-state index is 0. The van der Waals surface area contributed by atoms with Gasteiger partial charge in [0, 0.05) is 0 Å². The average Bonchev–Trinajstić information content (AvgIpc) is 2.85. The molecule has 2 nitrogen and oxygen atoms in total. The second-order valence-electron chi connectivity index (χ2n) is 2.84. The van der Waals surface area contributed by atoms with Gasteiger partial charge in [-0.3, -0.25) is 5.92 Å². The van der Waals surface area contributed by atoms with E-state index in [2.05, 4.69) is 19.2 Å². The molecule has 0 saturated heterocycles. The van der Waals surface area contributed by atoms with Gasteiger partial charge in [-0.2, -0.15) is 0 Å². The predicted molar refractivity (Wildman–Crippen MR) is 70.6 cm³/mol. The molecule has 0 unspecified atom stereocenters. The van der Waals surface area contributed by atoms with Crippen LogP contribution in [0.4, 0.5) is 0 Å². The van der Waals surface area contributed by atoms with Gasteiger partial charge in [-0.25, -0.2) is 0 Å². The Balaban J connectivity index is -0.000000224. The molecule has 0 bridgehead atoms. The second-order valence-corrected chi connectivity index (χ2v) is 2.84. The quantitative estimate of drug-likeness (QED) is 0.228. The monoisotopic (exact) mass is 346 g/mol. The normalized spacial score (nSPS) is 11.8. The molecule has 1 saturated carbocycles.